The molecule has 5 heteroatoms. The van der Waals surface area contributed by atoms with E-state index in [1.165, 1.54) is 11.8 Å². The first-order valence-corrected chi connectivity index (χ1v) is 7.28. The first-order chi connectivity index (χ1) is 10.4. The van der Waals surface area contributed by atoms with Crippen LogP contribution < -0.4 is 4.90 Å². The molecule has 0 spiro atoms. The van der Waals surface area contributed by atoms with Gasteiger partial charge in [-0.2, -0.15) is 0 Å². The molecule has 112 valence electrons. The maximum atomic E-state index is 12.8. The highest BCUT2D eigenvalue weighted by Crippen LogP contribution is 2.52. The minimum atomic E-state index is -0.699. The number of rotatable bonds is 2. The second-order valence-electron chi connectivity index (χ2n) is 6.25. The zero-order valence-electron chi connectivity index (χ0n) is 12.3. The third kappa shape index (κ3) is 1.54. The molecule has 2 saturated heterocycles. The highest BCUT2D eigenvalue weighted by Gasteiger charge is 2.66. The van der Waals surface area contributed by atoms with Gasteiger partial charge in [-0.25, -0.2) is 4.90 Å². The van der Waals surface area contributed by atoms with Gasteiger partial charge in [0.15, 0.2) is 5.78 Å². The number of Topliss-reactive ketones (excluding diaryl/α,β-unsaturated/α-hetero) is 1. The summed E-state index contributed by atoms with van der Waals surface area (Å²) < 4.78 is 5.78. The summed E-state index contributed by atoms with van der Waals surface area (Å²) in [6, 6.07) is 6.64. The fraction of sp³-hybridized carbons (Fsp3) is 0.353. The van der Waals surface area contributed by atoms with E-state index in [1.54, 1.807) is 24.3 Å². The van der Waals surface area contributed by atoms with Crippen LogP contribution in [0.15, 0.2) is 36.4 Å². The Morgan fingerprint density at radius 2 is 2.05 bits per heavy atom. The number of hydrogen-bond donors (Lipinski definition) is 0. The average Bonchev–Trinajstić information content (AvgIpc) is 3.08. The molecule has 3 heterocycles. The quantitative estimate of drug-likeness (QED) is 0.474. The number of benzene rings is 1. The summed E-state index contributed by atoms with van der Waals surface area (Å²) in [5.74, 6) is -1.52. The van der Waals surface area contributed by atoms with Crippen LogP contribution in [0.5, 0.6) is 0 Å². The lowest BCUT2D eigenvalue weighted by atomic mass is 9.78. The van der Waals surface area contributed by atoms with Crippen LogP contribution in [0.1, 0.15) is 24.2 Å². The molecular weight excluding hydrogens is 282 g/mol. The molecule has 2 fully saturated rings. The van der Waals surface area contributed by atoms with Crippen LogP contribution in [0.4, 0.5) is 5.69 Å². The van der Waals surface area contributed by atoms with E-state index in [0.717, 1.165) is 0 Å². The molecule has 0 radical (unpaired) electrons. The Labute approximate surface area is 127 Å². The van der Waals surface area contributed by atoms with Crippen molar-refractivity contribution in [3.05, 3.63) is 42.0 Å². The van der Waals surface area contributed by atoms with Crippen molar-refractivity contribution in [2.24, 2.45) is 11.8 Å². The molecule has 0 unspecified atom stereocenters. The monoisotopic (exact) mass is 297 g/mol. The van der Waals surface area contributed by atoms with Gasteiger partial charge < -0.3 is 4.74 Å². The lowest BCUT2D eigenvalue weighted by Gasteiger charge is -2.24. The van der Waals surface area contributed by atoms with Crippen molar-refractivity contribution in [2.45, 2.75) is 25.6 Å². The lowest BCUT2D eigenvalue weighted by molar-refractivity contribution is -0.126. The molecule has 3 aliphatic heterocycles. The minimum Gasteiger partial charge on any atom is -0.362 e. The van der Waals surface area contributed by atoms with E-state index < -0.39 is 17.4 Å². The first kappa shape index (κ1) is 13.4. The second kappa shape index (κ2) is 4.14. The van der Waals surface area contributed by atoms with Gasteiger partial charge in [-0.3, -0.25) is 14.4 Å². The number of ketones is 1. The van der Waals surface area contributed by atoms with E-state index in [2.05, 4.69) is 0 Å². The van der Waals surface area contributed by atoms with Gasteiger partial charge in [-0.05, 0) is 26.0 Å². The predicted molar refractivity (Wildman–Crippen MR) is 78.3 cm³/mol. The first-order valence-electron chi connectivity index (χ1n) is 7.28. The van der Waals surface area contributed by atoms with Crippen molar-refractivity contribution in [1.82, 2.24) is 0 Å². The smallest absolute Gasteiger partial charge is 0.241 e. The lowest BCUT2D eigenvalue weighted by Crippen LogP contribution is -2.38. The van der Waals surface area contributed by atoms with Crippen LogP contribution in [0, 0.1) is 11.8 Å². The van der Waals surface area contributed by atoms with Crippen molar-refractivity contribution in [2.75, 3.05) is 4.90 Å². The van der Waals surface area contributed by atoms with Crippen molar-refractivity contribution in [3.8, 4) is 0 Å². The molecule has 0 aliphatic carbocycles. The molecule has 2 amide bonds. The summed E-state index contributed by atoms with van der Waals surface area (Å²) >= 11 is 0. The Morgan fingerprint density at radius 3 is 2.73 bits per heavy atom. The predicted octanol–water partition coefficient (Wildman–Crippen LogP) is 1.72. The largest absolute Gasteiger partial charge is 0.362 e. The molecule has 0 saturated carbocycles. The summed E-state index contributed by atoms with van der Waals surface area (Å²) in [6.45, 7) is 3.30. The van der Waals surface area contributed by atoms with E-state index in [1.807, 2.05) is 19.1 Å². The molecular formula is C17H15NO4. The van der Waals surface area contributed by atoms with Gasteiger partial charge in [0.25, 0.3) is 0 Å². The number of nitrogens with zero attached hydrogens (tertiary/aromatic N) is 1. The zero-order chi connectivity index (χ0) is 15.6. The molecule has 5 nitrogen and oxygen atoms in total. The van der Waals surface area contributed by atoms with Crippen molar-refractivity contribution < 1.29 is 19.1 Å². The number of ether oxygens (including phenoxy) is 1. The zero-order valence-corrected chi connectivity index (χ0v) is 12.3. The number of fused-ring (bicyclic) bond motifs is 5. The number of carbonyl (C=O) groups excluding carboxylic acids is 3. The van der Waals surface area contributed by atoms with Gasteiger partial charge in [-0.15, -0.1) is 0 Å². The van der Waals surface area contributed by atoms with Crippen molar-refractivity contribution in [1.29, 1.82) is 0 Å². The minimum absolute atomic E-state index is 0.0989. The van der Waals surface area contributed by atoms with Crippen LogP contribution in [-0.2, 0) is 14.3 Å². The third-order valence-electron chi connectivity index (χ3n) is 4.84. The highest BCUT2D eigenvalue weighted by molar-refractivity contribution is 6.23. The molecule has 2 bridgehead atoms. The van der Waals surface area contributed by atoms with Gasteiger partial charge in [0.2, 0.25) is 11.8 Å². The maximum Gasteiger partial charge on any atom is 0.241 e. The Hall–Kier alpha value is -2.27. The maximum absolute atomic E-state index is 12.8. The summed E-state index contributed by atoms with van der Waals surface area (Å²) in [4.78, 5) is 38.2. The van der Waals surface area contributed by atoms with Gasteiger partial charge in [0.05, 0.1) is 29.2 Å². The summed E-state index contributed by atoms with van der Waals surface area (Å²) in [5.41, 5.74) is 0.244. The Balaban J connectivity index is 1.77. The fourth-order valence-electron chi connectivity index (χ4n) is 3.77. The van der Waals surface area contributed by atoms with Gasteiger partial charge in [-0.1, -0.05) is 24.3 Å². The standard InChI is InChI=1S/C17H15NO4/c1-9(19)10-4-3-5-11(8-10)18-15(20)13-12-6-7-17(2,22-12)14(13)16(18)21/h3-8,12-14H,1-2H3/t12-,13+,14-,17-/m0/s1. The summed E-state index contributed by atoms with van der Waals surface area (Å²) in [7, 11) is 0. The van der Waals surface area contributed by atoms with E-state index >= 15 is 0 Å². The second-order valence-corrected chi connectivity index (χ2v) is 6.25. The van der Waals surface area contributed by atoms with Crippen LogP contribution in [-0.4, -0.2) is 29.3 Å². The molecule has 1 aromatic rings. The molecule has 1 aromatic carbocycles. The Kier molecular flexibility index (Phi) is 2.52. The summed E-state index contributed by atoms with van der Waals surface area (Å²) in [5, 5.41) is 0. The number of anilines is 1. The topological polar surface area (TPSA) is 63.7 Å². The number of carbonyl (C=O) groups is 3. The van der Waals surface area contributed by atoms with E-state index in [-0.39, 0.29) is 23.7 Å². The van der Waals surface area contributed by atoms with Crippen LogP contribution >= 0.6 is 0 Å². The third-order valence-corrected chi connectivity index (χ3v) is 4.84. The molecule has 3 aliphatic rings. The van der Waals surface area contributed by atoms with Gasteiger partial charge in [0.1, 0.15) is 0 Å². The Bertz CT molecular complexity index is 753. The normalized spacial score (nSPS) is 35.4. The highest BCUT2D eigenvalue weighted by atomic mass is 16.5. The van der Waals surface area contributed by atoms with Crippen LogP contribution in [0.25, 0.3) is 0 Å². The fourth-order valence-corrected chi connectivity index (χ4v) is 3.77. The molecule has 0 N–H and O–H groups in total. The Morgan fingerprint density at radius 1 is 1.27 bits per heavy atom. The van der Waals surface area contributed by atoms with Crippen LogP contribution in [0.2, 0.25) is 0 Å². The number of hydrogen-bond acceptors (Lipinski definition) is 4. The van der Waals surface area contributed by atoms with E-state index in [9.17, 15) is 14.4 Å². The van der Waals surface area contributed by atoms with E-state index in [4.69, 9.17) is 4.74 Å². The number of imide groups is 1. The molecule has 4 rings (SSSR count). The summed E-state index contributed by atoms with van der Waals surface area (Å²) in [6.07, 6.45) is 3.41. The van der Waals surface area contributed by atoms with E-state index in [0.29, 0.717) is 11.3 Å². The molecule has 22 heavy (non-hydrogen) atoms. The average molecular weight is 297 g/mol. The van der Waals surface area contributed by atoms with Crippen LogP contribution in [0.3, 0.4) is 0 Å². The number of amides is 2. The SMILES string of the molecule is CC(=O)c1cccc(N2C(=O)[C@@H]3[C@@H]4C=C[C@](C)(O4)[C@@H]3C2=O)c1. The van der Waals surface area contributed by atoms with Gasteiger partial charge >= 0.3 is 0 Å². The molecule has 4 atom stereocenters. The van der Waals surface area contributed by atoms with Crippen molar-refractivity contribution >= 4 is 23.3 Å². The molecule has 0 aromatic heterocycles. The van der Waals surface area contributed by atoms with Gasteiger partial charge in [0, 0.05) is 5.56 Å². The van der Waals surface area contributed by atoms with Crippen molar-refractivity contribution in [3.63, 3.8) is 0 Å².